The van der Waals surface area contributed by atoms with Crippen LogP contribution in [0.5, 0.6) is 0 Å². The lowest BCUT2D eigenvalue weighted by Crippen LogP contribution is -1.99. The molecule has 0 amide bonds. The van der Waals surface area contributed by atoms with Gasteiger partial charge in [0.2, 0.25) is 0 Å². The molecule has 0 radical (unpaired) electrons. The van der Waals surface area contributed by atoms with Gasteiger partial charge in [0.25, 0.3) is 0 Å². The molecular formula is C20H18N2O4. The number of aromatic amines is 2. The first kappa shape index (κ1) is 17.3. The molecule has 0 saturated heterocycles. The summed E-state index contributed by atoms with van der Waals surface area (Å²) in [4.78, 5) is 26.9. The van der Waals surface area contributed by atoms with E-state index in [1.807, 2.05) is 60.7 Å². The molecular weight excluding hydrogens is 332 g/mol. The van der Waals surface area contributed by atoms with E-state index in [1.165, 1.54) is 0 Å². The minimum atomic E-state index is -0.813. The van der Waals surface area contributed by atoms with E-state index in [-0.39, 0.29) is 12.8 Å². The quantitative estimate of drug-likeness (QED) is 0.451. The summed E-state index contributed by atoms with van der Waals surface area (Å²) in [6.07, 6.45) is 0.101. The first-order valence-corrected chi connectivity index (χ1v) is 8.08. The number of aromatic nitrogens is 2. The molecule has 4 N–H and O–H groups in total. The van der Waals surface area contributed by atoms with E-state index in [0.717, 1.165) is 33.2 Å². The summed E-state index contributed by atoms with van der Waals surface area (Å²) in [6.45, 7) is 0. The molecule has 0 atom stereocenters. The number of benzene rings is 2. The molecule has 0 unspecified atom stereocenters. The van der Waals surface area contributed by atoms with Crippen LogP contribution in [0.25, 0.3) is 21.8 Å². The number of para-hydroxylation sites is 2. The smallest absolute Gasteiger partial charge is 0.309 e. The molecule has 2 aromatic carbocycles. The zero-order valence-corrected chi connectivity index (χ0v) is 13.9. The number of hydrogen-bond donors (Lipinski definition) is 4. The maximum atomic E-state index is 10.4. The summed E-state index contributed by atoms with van der Waals surface area (Å²) < 4.78 is 0. The van der Waals surface area contributed by atoms with Gasteiger partial charge in [0.1, 0.15) is 0 Å². The number of hydrogen-bond acceptors (Lipinski definition) is 2. The highest BCUT2D eigenvalue weighted by molar-refractivity contribution is 5.82. The molecule has 0 aliphatic rings. The number of carboxylic acids is 2. The van der Waals surface area contributed by atoms with Gasteiger partial charge in [-0.05, 0) is 35.0 Å². The van der Waals surface area contributed by atoms with Crippen LogP contribution in [-0.4, -0.2) is 32.1 Å². The Bertz CT molecular complexity index is 910. The summed E-state index contributed by atoms with van der Waals surface area (Å²) >= 11 is 0. The predicted molar refractivity (Wildman–Crippen MR) is 99.3 cm³/mol. The standard InChI is InChI=1S/2C10H9NO2/c2*12-10(13)6-8-5-7-3-1-2-4-9(7)11-8/h2*1-5,11H,6H2,(H,12,13). The predicted octanol–water partition coefficient (Wildman–Crippen LogP) is 3.59. The highest BCUT2D eigenvalue weighted by Crippen LogP contribution is 2.15. The molecule has 0 saturated carbocycles. The number of aliphatic carboxylic acids is 2. The molecule has 6 heteroatoms. The topological polar surface area (TPSA) is 106 Å². The van der Waals surface area contributed by atoms with E-state index in [2.05, 4.69) is 9.97 Å². The van der Waals surface area contributed by atoms with Crippen molar-refractivity contribution in [3.63, 3.8) is 0 Å². The van der Waals surface area contributed by atoms with Crippen LogP contribution in [0.1, 0.15) is 11.4 Å². The first-order chi connectivity index (χ1) is 12.5. The second-order valence-electron chi connectivity index (χ2n) is 5.90. The Morgan fingerprint density at radius 1 is 0.692 bits per heavy atom. The van der Waals surface area contributed by atoms with Crippen molar-refractivity contribution in [1.82, 2.24) is 9.97 Å². The fourth-order valence-corrected chi connectivity index (χ4v) is 2.78. The van der Waals surface area contributed by atoms with Gasteiger partial charge in [-0.25, -0.2) is 0 Å². The lowest BCUT2D eigenvalue weighted by atomic mass is 10.2. The molecule has 0 bridgehead atoms. The minimum Gasteiger partial charge on any atom is -0.481 e. The van der Waals surface area contributed by atoms with E-state index in [9.17, 15) is 9.59 Å². The molecule has 4 aromatic rings. The highest BCUT2D eigenvalue weighted by atomic mass is 16.4. The average molecular weight is 350 g/mol. The summed E-state index contributed by atoms with van der Waals surface area (Å²) in [5.41, 5.74) is 3.46. The number of carbonyl (C=O) groups is 2. The molecule has 2 heterocycles. The van der Waals surface area contributed by atoms with Gasteiger partial charge >= 0.3 is 11.9 Å². The number of rotatable bonds is 4. The van der Waals surface area contributed by atoms with Gasteiger partial charge in [-0.3, -0.25) is 9.59 Å². The monoisotopic (exact) mass is 350 g/mol. The largest absolute Gasteiger partial charge is 0.481 e. The van der Waals surface area contributed by atoms with Gasteiger partial charge in [-0.2, -0.15) is 0 Å². The van der Waals surface area contributed by atoms with Crippen LogP contribution in [0.2, 0.25) is 0 Å². The second kappa shape index (κ2) is 7.57. The lowest BCUT2D eigenvalue weighted by molar-refractivity contribution is -0.137. The van der Waals surface area contributed by atoms with Crippen LogP contribution in [0.4, 0.5) is 0 Å². The van der Waals surface area contributed by atoms with Gasteiger partial charge in [0, 0.05) is 22.4 Å². The maximum Gasteiger partial charge on any atom is 0.309 e. The van der Waals surface area contributed by atoms with Gasteiger partial charge in [0.15, 0.2) is 0 Å². The van der Waals surface area contributed by atoms with Crippen molar-refractivity contribution < 1.29 is 19.8 Å². The Morgan fingerprint density at radius 2 is 1.08 bits per heavy atom. The molecule has 6 nitrogen and oxygen atoms in total. The van der Waals surface area contributed by atoms with E-state index in [1.54, 1.807) is 0 Å². The Morgan fingerprint density at radius 3 is 1.42 bits per heavy atom. The third kappa shape index (κ3) is 4.30. The van der Waals surface area contributed by atoms with Gasteiger partial charge < -0.3 is 20.2 Å². The Balaban J connectivity index is 0.000000151. The van der Waals surface area contributed by atoms with Crippen molar-refractivity contribution in [2.24, 2.45) is 0 Å². The zero-order valence-electron chi connectivity index (χ0n) is 13.9. The van der Waals surface area contributed by atoms with Crippen LogP contribution in [0, 0.1) is 0 Å². The van der Waals surface area contributed by atoms with Crippen LogP contribution in [-0.2, 0) is 22.4 Å². The van der Waals surface area contributed by atoms with E-state index >= 15 is 0 Å². The normalized spacial score (nSPS) is 10.5. The van der Waals surface area contributed by atoms with Crippen molar-refractivity contribution >= 4 is 33.7 Å². The zero-order chi connectivity index (χ0) is 18.5. The number of fused-ring (bicyclic) bond motifs is 2. The van der Waals surface area contributed by atoms with Crippen molar-refractivity contribution in [3.05, 3.63) is 72.1 Å². The maximum absolute atomic E-state index is 10.4. The van der Waals surface area contributed by atoms with Crippen LogP contribution < -0.4 is 0 Å². The first-order valence-electron chi connectivity index (χ1n) is 8.08. The summed E-state index contributed by atoms with van der Waals surface area (Å²) in [7, 11) is 0. The van der Waals surface area contributed by atoms with Crippen LogP contribution >= 0.6 is 0 Å². The summed E-state index contributed by atoms with van der Waals surface area (Å²) in [6, 6.07) is 19.2. The number of H-pyrrole nitrogens is 2. The molecule has 0 aliphatic heterocycles. The Kier molecular flexibility index (Phi) is 5.03. The Labute approximate surface area is 149 Å². The summed E-state index contributed by atoms with van der Waals surface area (Å²) in [5.74, 6) is -1.63. The molecule has 2 aromatic heterocycles. The minimum absolute atomic E-state index is 0.0503. The van der Waals surface area contributed by atoms with E-state index < -0.39 is 11.9 Å². The van der Waals surface area contributed by atoms with Crippen molar-refractivity contribution in [1.29, 1.82) is 0 Å². The van der Waals surface area contributed by atoms with Gasteiger partial charge in [0.05, 0.1) is 12.8 Å². The second-order valence-corrected chi connectivity index (χ2v) is 5.90. The van der Waals surface area contributed by atoms with E-state index in [4.69, 9.17) is 10.2 Å². The fourth-order valence-electron chi connectivity index (χ4n) is 2.78. The number of nitrogens with one attached hydrogen (secondary N) is 2. The summed E-state index contributed by atoms with van der Waals surface area (Å²) in [5, 5.41) is 19.3. The Hall–Kier alpha value is -3.54. The van der Waals surface area contributed by atoms with Crippen molar-refractivity contribution in [3.8, 4) is 0 Å². The molecule has 4 rings (SSSR count). The van der Waals surface area contributed by atoms with Crippen molar-refractivity contribution in [2.45, 2.75) is 12.8 Å². The third-order valence-electron chi connectivity index (χ3n) is 3.85. The van der Waals surface area contributed by atoms with E-state index in [0.29, 0.717) is 0 Å². The molecule has 26 heavy (non-hydrogen) atoms. The molecule has 0 spiro atoms. The highest BCUT2D eigenvalue weighted by Gasteiger charge is 2.04. The SMILES string of the molecule is O=C(O)Cc1cc2ccccc2[nH]1.O=C(O)Cc1cc2ccccc2[nH]1. The molecule has 0 aliphatic carbocycles. The number of carboxylic acid groups (broad SMARTS) is 2. The lowest BCUT2D eigenvalue weighted by Gasteiger charge is -1.88. The molecule has 0 fully saturated rings. The average Bonchev–Trinajstić information content (AvgIpc) is 3.16. The molecule has 132 valence electrons. The van der Waals surface area contributed by atoms with Crippen molar-refractivity contribution in [2.75, 3.05) is 0 Å². The third-order valence-corrected chi connectivity index (χ3v) is 3.85. The van der Waals surface area contributed by atoms with Gasteiger partial charge in [-0.15, -0.1) is 0 Å². The van der Waals surface area contributed by atoms with Crippen LogP contribution in [0.3, 0.4) is 0 Å². The van der Waals surface area contributed by atoms with Gasteiger partial charge in [-0.1, -0.05) is 36.4 Å². The fraction of sp³-hybridized carbons (Fsp3) is 0.100. The van der Waals surface area contributed by atoms with Crippen LogP contribution in [0.15, 0.2) is 60.7 Å².